The molecule has 124 valence electrons. The smallest absolute Gasteiger partial charge is 0.416 e. The highest BCUT2D eigenvalue weighted by atomic mass is 19.4. The zero-order valence-corrected chi connectivity index (χ0v) is 12.0. The van der Waals surface area contributed by atoms with E-state index in [1.807, 2.05) is 0 Å². The molecule has 0 fully saturated rings. The molecule has 0 amide bonds. The average Bonchev–Trinajstić information content (AvgIpc) is 3.02. The number of halogens is 4. The summed E-state index contributed by atoms with van der Waals surface area (Å²) in [6.45, 7) is -0.158. The monoisotopic (exact) mass is 338 g/mol. The molecular weight excluding hydrogens is 328 g/mol. The van der Waals surface area contributed by atoms with Gasteiger partial charge in [-0.25, -0.2) is 4.39 Å². The number of hydrogen-bond donors (Lipinski definition) is 0. The van der Waals surface area contributed by atoms with Crippen LogP contribution in [0.4, 0.5) is 17.6 Å². The van der Waals surface area contributed by atoms with Gasteiger partial charge in [-0.3, -0.25) is 0 Å². The van der Waals surface area contributed by atoms with Crippen molar-refractivity contribution in [3.8, 4) is 17.1 Å². The van der Waals surface area contributed by atoms with E-state index >= 15 is 0 Å². The van der Waals surface area contributed by atoms with Gasteiger partial charge in [-0.05, 0) is 24.3 Å². The molecule has 0 atom stereocenters. The number of alkyl halides is 3. The molecular formula is C16H10F4N2O2. The highest BCUT2D eigenvalue weighted by Gasteiger charge is 2.30. The molecule has 0 aliphatic rings. The Kier molecular flexibility index (Phi) is 4.20. The Morgan fingerprint density at radius 2 is 1.71 bits per heavy atom. The first-order valence-electron chi connectivity index (χ1n) is 6.81. The Labute approximate surface area is 133 Å². The summed E-state index contributed by atoms with van der Waals surface area (Å²) in [6, 6.07) is 10.2. The first-order valence-corrected chi connectivity index (χ1v) is 6.81. The van der Waals surface area contributed by atoms with Crippen LogP contribution in [0.3, 0.4) is 0 Å². The van der Waals surface area contributed by atoms with Gasteiger partial charge in [-0.2, -0.15) is 18.2 Å². The van der Waals surface area contributed by atoms with Gasteiger partial charge in [0.15, 0.2) is 18.2 Å². The van der Waals surface area contributed by atoms with E-state index in [1.54, 1.807) is 6.07 Å². The Hall–Kier alpha value is -2.90. The Balaban J connectivity index is 1.70. The molecule has 1 heterocycles. The molecule has 0 aliphatic carbocycles. The lowest BCUT2D eigenvalue weighted by atomic mass is 10.1. The fourth-order valence-corrected chi connectivity index (χ4v) is 1.94. The van der Waals surface area contributed by atoms with Crippen LogP contribution < -0.4 is 4.74 Å². The third-order valence-corrected chi connectivity index (χ3v) is 3.13. The van der Waals surface area contributed by atoms with Gasteiger partial charge in [0.05, 0.1) is 5.56 Å². The van der Waals surface area contributed by atoms with E-state index in [0.29, 0.717) is 5.56 Å². The van der Waals surface area contributed by atoms with Crippen molar-refractivity contribution in [2.75, 3.05) is 0 Å². The Bertz CT molecular complexity index is 829. The van der Waals surface area contributed by atoms with Crippen LogP contribution in [0.15, 0.2) is 53.1 Å². The number of benzene rings is 2. The summed E-state index contributed by atoms with van der Waals surface area (Å²) in [5, 5.41) is 3.67. The van der Waals surface area contributed by atoms with Crippen molar-refractivity contribution < 1.29 is 26.8 Å². The van der Waals surface area contributed by atoms with Crippen LogP contribution in [0.5, 0.6) is 5.75 Å². The molecule has 0 radical (unpaired) electrons. The van der Waals surface area contributed by atoms with E-state index < -0.39 is 17.6 Å². The highest BCUT2D eigenvalue weighted by Crippen LogP contribution is 2.30. The second kappa shape index (κ2) is 6.31. The van der Waals surface area contributed by atoms with Crippen LogP contribution >= 0.6 is 0 Å². The van der Waals surface area contributed by atoms with E-state index in [9.17, 15) is 17.6 Å². The molecule has 24 heavy (non-hydrogen) atoms. The summed E-state index contributed by atoms with van der Waals surface area (Å²) in [4.78, 5) is 4.01. The molecule has 0 N–H and O–H groups in total. The van der Waals surface area contributed by atoms with Crippen molar-refractivity contribution in [3.63, 3.8) is 0 Å². The van der Waals surface area contributed by atoms with Crippen molar-refractivity contribution in [3.05, 3.63) is 65.8 Å². The quantitative estimate of drug-likeness (QED) is 0.659. The lowest BCUT2D eigenvalue weighted by molar-refractivity contribution is -0.137. The van der Waals surface area contributed by atoms with Gasteiger partial charge in [-0.1, -0.05) is 29.4 Å². The lowest BCUT2D eigenvalue weighted by Crippen LogP contribution is -2.04. The largest absolute Gasteiger partial charge is 0.481 e. The fraction of sp³-hybridized carbons (Fsp3) is 0.125. The number of ether oxygens (including phenoxy) is 1. The van der Waals surface area contributed by atoms with Crippen LogP contribution in [0, 0.1) is 5.82 Å². The maximum absolute atomic E-state index is 13.4. The fourth-order valence-electron chi connectivity index (χ4n) is 1.94. The van der Waals surface area contributed by atoms with Crippen LogP contribution in [-0.2, 0) is 12.8 Å². The molecule has 1 aromatic heterocycles. The lowest BCUT2D eigenvalue weighted by Gasteiger charge is -2.05. The molecule has 3 aromatic rings. The molecule has 0 aliphatic heterocycles. The van der Waals surface area contributed by atoms with E-state index in [2.05, 4.69) is 10.1 Å². The topological polar surface area (TPSA) is 48.2 Å². The van der Waals surface area contributed by atoms with Gasteiger partial charge in [0.2, 0.25) is 5.82 Å². The summed E-state index contributed by atoms with van der Waals surface area (Å²) in [7, 11) is 0. The molecule has 3 rings (SSSR count). The minimum Gasteiger partial charge on any atom is -0.481 e. The average molecular weight is 338 g/mol. The summed E-state index contributed by atoms with van der Waals surface area (Å²) in [5.41, 5.74) is -0.401. The molecule has 0 bridgehead atoms. The van der Waals surface area contributed by atoms with Gasteiger partial charge >= 0.3 is 6.18 Å². The number of hydrogen-bond acceptors (Lipinski definition) is 4. The van der Waals surface area contributed by atoms with Crippen LogP contribution in [-0.4, -0.2) is 10.1 Å². The van der Waals surface area contributed by atoms with Crippen LogP contribution in [0.2, 0.25) is 0 Å². The van der Waals surface area contributed by atoms with Gasteiger partial charge < -0.3 is 9.26 Å². The minimum atomic E-state index is -4.41. The second-order valence-electron chi connectivity index (χ2n) is 4.81. The standard InChI is InChI=1S/C16H10F4N2O2/c17-12-3-1-2-4-13(12)23-9-14-21-15(22-24-14)10-5-7-11(8-6-10)16(18,19)20/h1-8H,9H2. The number of nitrogens with zero attached hydrogens (tertiary/aromatic N) is 2. The van der Waals surface area contributed by atoms with Crippen molar-refractivity contribution in [1.29, 1.82) is 0 Å². The SMILES string of the molecule is Fc1ccccc1OCc1nc(-c2ccc(C(F)(F)F)cc2)no1. The van der Waals surface area contributed by atoms with E-state index in [1.165, 1.54) is 30.3 Å². The molecule has 4 nitrogen and oxygen atoms in total. The minimum absolute atomic E-state index is 0.0341. The van der Waals surface area contributed by atoms with Crippen molar-refractivity contribution in [1.82, 2.24) is 10.1 Å². The van der Waals surface area contributed by atoms with Gasteiger partial charge in [0, 0.05) is 5.56 Å². The number of para-hydroxylation sites is 1. The van der Waals surface area contributed by atoms with Gasteiger partial charge in [0.1, 0.15) is 0 Å². The summed E-state index contributed by atoms with van der Waals surface area (Å²) < 4.78 is 61.1. The first-order chi connectivity index (χ1) is 11.4. The third kappa shape index (κ3) is 3.53. The zero-order chi connectivity index (χ0) is 17.2. The van der Waals surface area contributed by atoms with E-state index in [0.717, 1.165) is 12.1 Å². The second-order valence-corrected chi connectivity index (χ2v) is 4.81. The summed E-state index contributed by atoms with van der Waals surface area (Å²) >= 11 is 0. The van der Waals surface area contributed by atoms with Gasteiger partial charge in [-0.15, -0.1) is 0 Å². The first kappa shape index (κ1) is 16.0. The zero-order valence-electron chi connectivity index (χ0n) is 12.0. The van der Waals surface area contributed by atoms with Crippen molar-refractivity contribution >= 4 is 0 Å². The van der Waals surface area contributed by atoms with Crippen LogP contribution in [0.1, 0.15) is 11.5 Å². The predicted octanol–water partition coefficient (Wildman–Crippen LogP) is 4.47. The molecule has 2 aromatic carbocycles. The number of aromatic nitrogens is 2. The highest BCUT2D eigenvalue weighted by molar-refractivity contribution is 5.54. The predicted molar refractivity (Wildman–Crippen MR) is 75.5 cm³/mol. The maximum Gasteiger partial charge on any atom is 0.416 e. The Morgan fingerprint density at radius 1 is 1.00 bits per heavy atom. The van der Waals surface area contributed by atoms with Crippen molar-refractivity contribution in [2.24, 2.45) is 0 Å². The van der Waals surface area contributed by atoms with Gasteiger partial charge in [0.25, 0.3) is 5.89 Å². The van der Waals surface area contributed by atoms with Crippen LogP contribution in [0.25, 0.3) is 11.4 Å². The molecule has 0 saturated heterocycles. The molecule has 0 unspecified atom stereocenters. The maximum atomic E-state index is 13.4. The summed E-state index contributed by atoms with van der Waals surface area (Å²) in [6.07, 6.45) is -4.41. The number of rotatable bonds is 4. The van der Waals surface area contributed by atoms with E-state index in [-0.39, 0.29) is 24.1 Å². The third-order valence-electron chi connectivity index (χ3n) is 3.13. The summed E-state index contributed by atoms with van der Waals surface area (Å²) in [5.74, 6) is -0.296. The molecule has 8 heteroatoms. The van der Waals surface area contributed by atoms with E-state index in [4.69, 9.17) is 9.26 Å². The normalized spacial score (nSPS) is 11.5. The molecule has 0 saturated carbocycles. The van der Waals surface area contributed by atoms with Crippen molar-refractivity contribution in [2.45, 2.75) is 12.8 Å². The molecule has 0 spiro atoms. The Morgan fingerprint density at radius 3 is 2.38 bits per heavy atom.